The van der Waals surface area contributed by atoms with Crippen molar-refractivity contribution in [2.45, 2.75) is 40.5 Å². The standard InChI is InChI=1S/C21H26N2O2/c1-14(2)11-20(24)22-18-7-9-19(10-8-18)23-21(25)13-17-6-5-15(3)16(4)12-17/h5-10,12,14H,11,13H2,1-4H3,(H,22,24)(H,23,25). The summed E-state index contributed by atoms with van der Waals surface area (Å²) < 4.78 is 0. The molecule has 0 fully saturated rings. The second-order valence-corrected chi connectivity index (χ2v) is 6.87. The molecule has 0 atom stereocenters. The summed E-state index contributed by atoms with van der Waals surface area (Å²) in [6, 6.07) is 13.2. The zero-order chi connectivity index (χ0) is 18.4. The molecular weight excluding hydrogens is 312 g/mol. The van der Waals surface area contributed by atoms with Crippen molar-refractivity contribution in [1.29, 1.82) is 0 Å². The third-order valence-corrected chi connectivity index (χ3v) is 3.98. The maximum Gasteiger partial charge on any atom is 0.228 e. The summed E-state index contributed by atoms with van der Waals surface area (Å²) in [4.78, 5) is 23.9. The van der Waals surface area contributed by atoms with Crippen molar-refractivity contribution in [3.05, 3.63) is 59.2 Å². The number of hydrogen-bond donors (Lipinski definition) is 2. The van der Waals surface area contributed by atoms with Gasteiger partial charge >= 0.3 is 0 Å². The van der Waals surface area contributed by atoms with Crippen LogP contribution in [0.1, 0.15) is 37.0 Å². The average molecular weight is 338 g/mol. The van der Waals surface area contributed by atoms with Gasteiger partial charge in [0.1, 0.15) is 0 Å². The van der Waals surface area contributed by atoms with Crippen LogP contribution in [0.4, 0.5) is 11.4 Å². The second kappa shape index (κ2) is 8.47. The molecule has 0 bridgehead atoms. The SMILES string of the molecule is Cc1ccc(CC(=O)Nc2ccc(NC(=O)CC(C)C)cc2)cc1C. The molecule has 2 N–H and O–H groups in total. The molecule has 0 radical (unpaired) electrons. The van der Waals surface area contributed by atoms with Crippen LogP contribution in [0.15, 0.2) is 42.5 Å². The Balaban J connectivity index is 1.90. The lowest BCUT2D eigenvalue weighted by Crippen LogP contribution is -2.15. The summed E-state index contributed by atoms with van der Waals surface area (Å²) in [5, 5.41) is 5.74. The number of carbonyl (C=O) groups excluding carboxylic acids is 2. The molecule has 2 rings (SSSR count). The van der Waals surface area contributed by atoms with Crippen molar-refractivity contribution in [2.24, 2.45) is 5.92 Å². The molecule has 0 aliphatic heterocycles. The molecule has 2 aromatic carbocycles. The molecule has 0 heterocycles. The van der Waals surface area contributed by atoms with Gasteiger partial charge in [0, 0.05) is 17.8 Å². The Morgan fingerprint density at radius 1 is 0.840 bits per heavy atom. The van der Waals surface area contributed by atoms with Crippen molar-refractivity contribution in [3.8, 4) is 0 Å². The van der Waals surface area contributed by atoms with Crippen LogP contribution in [0.5, 0.6) is 0 Å². The van der Waals surface area contributed by atoms with Crippen molar-refractivity contribution >= 4 is 23.2 Å². The minimum absolute atomic E-state index is 0.00141. The van der Waals surface area contributed by atoms with Gasteiger partial charge in [-0.2, -0.15) is 0 Å². The van der Waals surface area contributed by atoms with Crippen LogP contribution in [-0.2, 0) is 16.0 Å². The Labute approximate surface area is 149 Å². The monoisotopic (exact) mass is 338 g/mol. The van der Waals surface area contributed by atoms with E-state index < -0.39 is 0 Å². The van der Waals surface area contributed by atoms with E-state index in [1.54, 1.807) is 24.3 Å². The van der Waals surface area contributed by atoms with Gasteiger partial charge in [-0.15, -0.1) is 0 Å². The second-order valence-electron chi connectivity index (χ2n) is 6.87. The Kier molecular flexibility index (Phi) is 6.34. The van der Waals surface area contributed by atoms with Crippen LogP contribution in [0.25, 0.3) is 0 Å². The number of amides is 2. The summed E-state index contributed by atoms with van der Waals surface area (Å²) in [6.07, 6.45) is 0.836. The van der Waals surface area contributed by atoms with E-state index in [4.69, 9.17) is 0 Å². The number of nitrogens with one attached hydrogen (secondary N) is 2. The maximum absolute atomic E-state index is 12.2. The highest BCUT2D eigenvalue weighted by molar-refractivity contribution is 5.93. The Morgan fingerprint density at radius 3 is 1.92 bits per heavy atom. The Morgan fingerprint density at radius 2 is 1.40 bits per heavy atom. The van der Waals surface area contributed by atoms with E-state index in [0.717, 1.165) is 16.9 Å². The molecule has 0 unspecified atom stereocenters. The van der Waals surface area contributed by atoms with Gasteiger partial charge in [-0.25, -0.2) is 0 Å². The lowest BCUT2D eigenvalue weighted by Gasteiger charge is -2.09. The van der Waals surface area contributed by atoms with Crippen LogP contribution >= 0.6 is 0 Å². The smallest absolute Gasteiger partial charge is 0.228 e. The van der Waals surface area contributed by atoms with Crippen molar-refractivity contribution in [1.82, 2.24) is 0 Å². The van der Waals surface area contributed by atoms with Crippen LogP contribution < -0.4 is 10.6 Å². The molecule has 2 amide bonds. The fourth-order valence-corrected chi connectivity index (χ4v) is 2.52. The van der Waals surface area contributed by atoms with Gasteiger partial charge in [-0.1, -0.05) is 32.0 Å². The zero-order valence-corrected chi connectivity index (χ0v) is 15.3. The van der Waals surface area contributed by atoms with E-state index in [9.17, 15) is 9.59 Å². The first kappa shape index (κ1) is 18.7. The minimum atomic E-state index is -0.0557. The molecule has 0 aliphatic carbocycles. The molecule has 4 heteroatoms. The summed E-state index contributed by atoms with van der Waals surface area (Å²) >= 11 is 0. The topological polar surface area (TPSA) is 58.2 Å². The summed E-state index contributed by atoms with van der Waals surface area (Å²) in [5.41, 5.74) is 4.86. The number of carbonyl (C=O) groups is 2. The quantitative estimate of drug-likeness (QED) is 0.816. The Bertz CT molecular complexity index is 749. The van der Waals surface area contributed by atoms with Crippen molar-refractivity contribution in [3.63, 3.8) is 0 Å². The molecule has 0 spiro atoms. The molecule has 0 saturated carbocycles. The van der Waals surface area contributed by atoms with E-state index >= 15 is 0 Å². The number of aryl methyl sites for hydroxylation is 2. The Hall–Kier alpha value is -2.62. The molecule has 2 aromatic rings. The average Bonchev–Trinajstić information content (AvgIpc) is 2.52. The van der Waals surface area contributed by atoms with Gasteiger partial charge < -0.3 is 10.6 Å². The molecule has 132 valence electrons. The molecular formula is C21H26N2O2. The number of anilines is 2. The summed E-state index contributed by atoms with van der Waals surface area (Å²) in [6.45, 7) is 8.12. The number of rotatable bonds is 6. The first-order valence-corrected chi connectivity index (χ1v) is 8.59. The fraction of sp³-hybridized carbons (Fsp3) is 0.333. The van der Waals surface area contributed by atoms with Gasteiger partial charge in [0.05, 0.1) is 6.42 Å². The minimum Gasteiger partial charge on any atom is -0.326 e. The zero-order valence-electron chi connectivity index (χ0n) is 15.3. The third kappa shape index (κ3) is 6.07. The van der Waals surface area contributed by atoms with Crippen molar-refractivity contribution in [2.75, 3.05) is 10.6 Å². The molecule has 4 nitrogen and oxygen atoms in total. The largest absolute Gasteiger partial charge is 0.326 e. The van der Waals surface area contributed by atoms with Gasteiger partial charge in [-0.3, -0.25) is 9.59 Å². The predicted octanol–water partition coefficient (Wildman–Crippen LogP) is 4.47. The van der Waals surface area contributed by atoms with E-state index in [1.807, 2.05) is 39.0 Å². The van der Waals surface area contributed by atoms with Crippen LogP contribution in [0.2, 0.25) is 0 Å². The van der Waals surface area contributed by atoms with E-state index in [0.29, 0.717) is 18.8 Å². The summed E-state index contributed by atoms with van der Waals surface area (Å²) in [7, 11) is 0. The first-order chi connectivity index (χ1) is 11.8. The maximum atomic E-state index is 12.2. The van der Waals surface area contributed by atoms with Crippen molar-refractivity contribution < 1.29 is 9.59 Å². The summed E-state index contributed by atoms with van der Waals surface area (Å²) in [5.74, 6) is 0.269. The molecule has 25 heavy (non-hydrogen) atoms. The van der Waals surface area contributed by atoms with E-state index in [1.165, 1.54) is 11.1 Å². The van der Waals surface area contributed by atoms with Gasteiger partial charge in [0.15, 0.2) is 0 Å². The van der Waals surface area contributed by atoms with Crippen LogP contribution in [-0.4, -0.2) is 11.8 Å². The first-order valence-electron chi connectivity index (χ1n) is 8.59. The van der Waals surface area contributed by atoms with Gasteiger partial charge in [0.25, 0.3) is 0 Å². The lowest BCUT2D eigenvalue weighted by molar-refractivity contribution is -0.117. The normalized spacial score (nSPS) is 10.6. The van der Waals surface area contributed by atoms with Crippen LogP contribution in [0.3, 0.4) is 0 Å². The highest BCUT2D eigenvalue weighted by Gasteiger charge is 2.07. The van der Waals surface area contributed by atoms with Gasteiger partial charge in [0.2, 0.25) is 11.8 Å². The van der Waals surface area contributed by atoms with E-state index in [2.05, 4.69) is 17.6 Å². The highest BCUT2D eigenvalue weighted by Crippen LogP contribution is 2.16. The molecule has 0 aliphatic rings. The fourth-order valence-electron chi connectivity index (χ4n) is 2.52. The highest BCUT2D eigenvalue weighted by atomic mass is 16.2. The number of hydrogen-bond acceptors (Lipinski definition) is 2. The molecule has 0 saturated heterocycles. The lowest BCUT2D eigenvalue weighted by atomic mass is 10.0. The van der Waals surface area contributed by atoms with Gasteiger partial charge in [-0.05, 0) is 60.7 Å². The predicted molar refractivity (Wildman–Crippen MR) is 103 cm³/mol. The number of benzene rings is 2. The third-order valence-electron chi connectivity index (χ3n) is 3.98. The van der Waals surface area contributed by atoms with Crippen LogP contribution in [0, 0.1) is 19.8 Å². The molecule has 0 aromatic heterocycles. The van der Waals surface area contributed by atoms with E-state index in [-0.39, 0.29) is 11.8 Å².